The minimum Gasteiger partial charge on any atom is -0.464 e. The lowest BCUT2D eigenvalue weighted by molar-refractivity contribution is -0.757. The van der Waals surface area contributed by atoms with Gasteiger partial charge >= 0.3 is 18.1 Å². The third-order valence-electron chi connectivity index (χ3n) is 11.1. The first-order valence-corrected chi connectivity index (χ1v) is 16.9. The highest BCUT2D eigenvalue weighted by atomic mass is 35.5. The Morgan fingerprint density at radius 2 is 1.84 bits per heavy atom. The SMILES string of the molecule is CCC(=O)O[C@]1(C(=O)COC(=O)OCC(N)C(=O)OCCCCO[N+](=O)[O-])[C@@H](C)C[C@H]2[C@@H]3CCC4=CC(=O)C=C[C@]4(C)[C@@]3(Cl)[C@@H](O)C[C@@]21C. The number of halogens is 1. The van der Waals surface area contributed by atoms with E-state index in [0.29, 0.717) is 19.3 Å². The van der Waals surface area contributed by atoms with E-state index in [9.17, 15) is 39.2 Å². The summed E-state index contributed by atoms with van der Waals surface area (Å²) < 4.78 is 21.1. The molecule has 9 atom stereocenters. The Balaban J connectivity index is 1.45. The Bertz CT molecular complexity index is 1420. The highest BCUT2D eigenvalue weighted by Gasteiger charge is 2.76. The maximum atomic E-state index is 14.2. The van der Waals surface area contributed by atoms with Gasteiger partial charge in [0.2, 0.25) is 5.78 Å². The van der Waals surface area contributed by atoms with Gasteiger partial charge in [0.25, 0.3) is 5.09 Å². The van der Waals surface area contributed by atoms with Crippen LogP contribution in [-0.4, -0.2) is 88.9 Å². The van der Waals surface area contributed by atoms with Crippen LogP contribution >= 0.6 is 11.6 Å². The number of unbranched alkanes of at least 4 members (excludes halogenated alkanes) is 1. The van der Waals surface area contributed by atoms with Crippen molar-refractivity contribution in [3.8, 4) is 0 Å². The number of rotatable bonds is 14. The van der Waals surface area contributed by atoms with Gasteiger partial charge in [0, 0.05) is 23.2 Å². The van der Waals surface area contributed by atoms with Gasteiger partial charge in [0.1, 0.15) is 12.6 Å². The van der Waals surface area contributed by atoms with E-state index in [4.69, 9.17) is 36.3 Å². The predicted octanol–water partition coefficient (Wildman–Crippen LogP) is 3.15. The first kappa shape index (κ1) is 38.2. The Kier molecular flexibility index (Phi) is 11.5. The van der Waals surface area contributed by atoms with E-state index < -0.39 is 81.5 Å². The zero-order chi connectivity index (χ0) is 36.4. The quantitative estimate of drug-likeness (QED) is 0.0660. The van der Waals surface area contributed by atoms with Crippen molar-refractivity contribution in [1.29, 1.82) is 0 Å². The largest absolute Gasteiger partial charge is 0.508 e. The van der Waals surface area contributed by atoms with Gasteiger partial charge < -0.3 is 34.6 Å². The number of ether oxygens (including phenoxy) is 4. The lowest BCUT2D eigenvalue weighted by atomic mass is 9.45. The summed E-state index contributed by atoms with van der Waals surface area (Å²) in [5.74, 6) is -3.48. The van der Waals surface area contributed by atoms with E-state index in [1.807, 2.05) is 13.8 Å². The molecule has 15 nitrogen and oxygen atoms in total. The van der Waals surface area contributed by atoms with Crippen LogP contribution in [0, 0.1) is 38.7 Å². The highest BCUT2D eigenvalue weighted by molar-refractivity contribution is 6.26. The summed E-state index contributed by atoms with van der Waals surface area (Å²) >= 11 is 7.51. The summed E-state index contributed by atoms with van der Waals surface area (Å²) in [4.78, 5) is 77.1. The van der Waals surface area contributed by atoms with Crippen LogP contribution in [0.2, 0.25) is 0 Å². The van der Waals surface area contributed by atoms with Gasteiger partial charge in [0.15, 0.2) is 18.0 Å². The minimum atomic E-state index is -1.77. The van der Waals surface area contributed by atoms with Crippen molar-refractivity contribution in [3.63, 3.8) is 0 Å². The Morgan fingerprint density at radius 1 is 1.14 bits per heavy atom. The van der Waals surface area contributed by atoms with Crippen LogP contribution < -0.4 is 5.73 Å². The zero-order valence-electron chi connectivity index (χ0n) is 28.1. The van der Waals surface area contributed by atoms with Crippen molar-refractivity contribution in [3.05, 3.63) is 33.9 Å². The van der Waals surface area contributed by atoms with E-state index >= 15 is 0 Å². The summed E-state index contributed by atoms with van der Waals surface area (Å²) in [6.07, 6.45) is 4.44. The number of esters is 2. The summed E-state index contributed by atoms with van der Waals surface area (Å²) in [6, 6.07) is -1.37. The molecule has 0 spiro atoms. The van der Waals surface area contributed by atoms with Gasteiger partial charge in [0.05, 0.1) is 24.2 Å². The zero-order valence-corrected chi connectivity index (χ0v) is 28.9. The number of aliphatic hydroxyl groups excluding tert-OH is 1. The standard InChI is InChI=1S/C33H45ClN2O13/c1-5-27(40)49-33(26(39)18-47-29(42)46-17-24(35)28(41)45-12-6-7-13-48-36(43)44)19(2)14-23-22-9-8-20-15-21(37)10-11-30(20,3)32(22,34)25(38)16-31(23,33)4/h10-11,15,19,22-25,38H,5-9,12-14,16-18,35H2,1-4H3/t19-,22-,23-,24?,25-,30-,31-,32-,33-/m0/s1. The third-order valence-corrected chi connectivity index (χ3v) is 12.1. The summed E-state index contributed by atoms with van der Waals surface area (Å²) in [6.45, 7) is 5.43. The summed E-state index contributed by atoms with van der Waals surface area (Å²) in [7, 11) is 0. The number of Topliss-reactive ketones (excluding diaryl/α,β-unsaturated/α-hetero) is 1. The number of allylic oxidation sites excluding steroid dienone is 4. The first-order valence-electron chi connectivity index (χ1n) is 16.5. The van der Waals surface area contributed by atoms with Crippen molar-refractivity contribution < 1.29 is 58.0 Å². The molecule has 0 amide bonds. The molecular weight excluding hydrogens is 668 g/mol. The molecule has 0 aromatic rings. The number of carbonyl (C=O) groups is 5. The van der Waals surface area contributed by atoms with Crippen molar-refractivity contribution >= 4 is 41.3 Å². The second-order valence-electron chi connectivity index (χ2n) is 13.8. The van der Waals surface area contributed by atoms with Gasteiger partial charge in [-0.05, 0) is 62.5 Å². The monoisotopic (exact) mass is 712 g/mol. The molecule has 0 aromatic heterocycles. The molecule has 4 aliphatic carbocycles. The van der Waals surface area contributed by atoms with Crippen LogP contribution in [0.5, 0.6) is 0 Å². The Labute approximate surface area is 288 Å². The van der Waals surface area contributed by atoms with Crippen LogP contribution in [0.3, 0.4) is 0 Å². The van der Waals surface area contributed by atoms with E-state index in [1.54, 1.807) is 26.0 Å². The molecular formula is C33H45ClN2O13. The maximum Gasteiger partial charge on any atom is 0.508 e. The molecule has 0 heterocycles. The number of alkyl halides is 1. The predicted molar refractivity (Wildman–Crippen MR) is 170 cm³/mol. The highest BCUT2D eigenvalue weighted by Crippen LogP contribution is 2.72. The smallest absolute Gasteiger partial charge is 0.464 e. The van der Waals surface area contributed by atoms with Crippen LogP contribution in [0.25, 0.3) is 0 Å². The molecule has 1 unspecified atom stereocenters. The number of aliphatic hydroxyl groups is 1. The number of nitrogens with two attached hydrogens (primary N) is 1. The van der Waals surface area contributed by atoms with Crippen molar-refractivity contribution in [2.75, 3.05) is 26.4 Å². The molecule has 3 fully saturated rings. The molecule has 0 aliphatic heterocycles. The second kappa shape index (κ2) is 14.7. The summed E-state index contributed by atoms with van der Waals surface area (Å²) in [5.41, 5.74) is 2.88. The molecule has 4 aliphatic rings. The second-order valence-corrected chi connectivity index (χ2v) is 14.4. The number of fused-ring (bicyclic) bond motifs is 5. The average Bonchev–Trinajstić information content (AvgIpc) is 3.26. The molecule has 49 heavy (non-hydrogen) atoms. The molecule has 272 valence electrons. The molecule has 4 rings (SSSR count). The summed E-state index contributed by atoms with van der Waals surface area (Å²) in [5, 5.41) is 21.1. The number of hydrogen-bond acceptors (Lipinski definition) is 14. The molecule has 3 saturated carbocycles. The minimum absolute atomic E-state index is 0.000434. The molecule has 0 aromatic carbocycles. The number of carbonyl (C=O) groups excluding carboxylic acids is 5. The van der Waals surface area contributed by atoms with Crippen molar-refractivity contribution in [2.45, 2.75) is 95.3 Å². The average molecular weight is 713 g/mol. The van der Waals surface area contributed by atoms with E-state index in [1.165, 1.54) is 6.08 Å². The lowest BCUT2D eigenvalue weighted by Crippen LogP contribution is -2.69. The van der Waals surface area contributed by atoms with Crippen molar-refractivity contribution in [1.82, 2.24) is 0 Å². The number of nitrogens with zero attached hydrogens (tertiary/aromatic N) is 1. The molecule has 3 N–H and O–H groups in total. The van der Waals surface area contributed by atoms with Gasteiger partial charge in [-0.15, -0.1) is 21.7 Å². The molecule has 16 heteroatoms. The third kappa shape index (κ3) is 6.81. The van der Waals surface area contributed by atoms with E-state index in [0.717, 1.165) is 5.57 Å². The Hall–Kier alpha value is -3.56. The van der Waals surface area contributed by atoms with Crippen LogP contribution in [0.1, 0.15) is 72.6 Å². The van der Waals surface area contributed by atoms with Crippen molar-refractivity contribution in [2.24, 2.45) is 34.3 Å². The Morgan fingerprint density at radius 3 is 2.51 bits per heavy atom. The first-order chi connectivity index (χ1) is 23.0. The van der Waals surface area contributed by atoms with E-state index in [-0.39, 0.29) is 56.5 Å². The van der Waals surface area contributed by atoms with Gasteiger partial charge in [-0.1, -0.05) is 39.3 Å². The molecule has 0 bridgehead atoms. The fourth-order valence-corrected chi connectivity index (χ4v) is 9.30. The molecule has 0 radical (unpaired) electrons. The van der Waals surface area contributed by atoms with Gasteiger partial charge in [-0.3, -0.25) is 19.2 Å². The van der Waals surface area contributed by atoms with Crippen LogP contribution in [0.15, 0.2) is 23.8 Å². The van der Waals surface area contributed by atoms with Crippen LogP contribution in [0.4, 0.5) is 4.79 Å². The molecule has 0 saturated heterocycles. The number of hydrogen-bond donors (Lipinski definition) is 2. The maximum absolute atomic E-state index is 14.2. The number of ketones is 2. The normalized spacial score (nSPS) is 35.1. The van der Waals surface area contributed by atoms with Gasteiger partial charge in [-0.25, -0.2) is 4.79 Å². The van der Waals surface area contributed by atoms with Crippen LogP contribution in [-0.2, 0) is 43.0 Å². The van der Waals surface area contributed by atoms with E-state index in [2.05, 4.69) is 4.84 Å². The fourth-order valence-electron chi connectivity index (χ4n) is 8.77. The van der Waals surface area contributed by atoms with Gasteiger partial charge in [-0.2, -0.15) is 0 Å². The lowest BCUT2D eigenvalue weighted by Gasteiger charge is -2.64. The topological polar surface area (TPSA) is 221 Å². The fraction of sp³-hybridized carbons (Fsp3) is 0.727.